The van der Waals surface area contributed by atoms with Gasteiger partial charge in [-0.1, -0.05) is 6.07 Å². The van der Waals surface area contributed by atoms with Gasteiger partial charge in [0, 0.05) is 36.4 Å². The summed E-state index contributed by atoms with van der Waals surface area (Å²) in [5, 5.41) is 3.39. The summed E-state index contributed by atoms with van der Waals surface area (Å²) in [6.07, 6.45) is 3.62. The molecule has 2 aliphatic heterocycles. The number of hydrogen-bond acceptors (Lipinski definition) is 11. The van der Waals surface area contributed by atoms with E-state index in [4.69, 9.17) is 19.4 Å². The average molecular weight is 696 g/mol. The molecule has 1 N–H and O–H groups in total. The Labute approximate surface area is 281 Å². The molecular weight excluding hydrogens is 660 g/mol. The molecule has 0 aliphatic carbocycles. The van der Waals surface area contributed by atoms with Gasteiger partial charge in [0.15, 0.2) is 0 Å². The van der Waals surface area contributed by atoms with E-state index >= 15 is 0 Å². The minimum atomic E-state index is -4.84. The third kappa shape index (κ3) is 7.59. The van der Waals surface area contributed by atoms with Gasteiger partial charge in [-0.25, -0.2) is 28.2 Å². The summed E-state index contributed by atoms with van der Waals surface area (Å²) in [5.74, 6) is -3.73. The zero-order valence-electron chi connectivity index (χ0n) is 27.1. The summed E-state index contributed by atoms with van der Waals surface area (Å²) >= 11 is 0. The number of nitrogens with one attached hydrogen (secondary N) is 1. The van der Waals surface area contributed by atoms with E-state index < -0.39 is 37.6 Å². The number of halogens is 2. The van der Waals surface area contributed by atoms with Gasteiger partial charge in [0.2, 0.25) is 15.8 Å². The maximum absolute atomic E-state index is 13.0. The first kappa shape index (κ1) is 34.0. The summed E-state index contributed by atoms with van der Waals surface area (Å²) in [4.78, 5) is 47.0. The van der Waals surface area contributed by atoms with E-state index in [1.807, 2.05) is 37.8 Å². The second-order valence-electron chi connectivity index (χ2n) is 12.9. The molecule has 5 heterocycles. The zero-order valence-corrected chi connectivity index (χ0v) is 27.9. The lowest BCUT2D eigenvalue weighted by molar-refractivity contribution is -0.0959. The fourth-order valence-electron chi connectivity index (χ4n) is 5.72. The molecule has 0 bridgehead atoms. The first-order chi connectivity index (χ1) is 23.2. The van der Waals surface area contributed by atoms with Gasteiger partial charge in [0.05, 0.1) is 53.7 Å². The lowest BCUT2D eigenvalue weighted by Crippen LogP contribution is -2.55. The van der Waals surface area contributed by atoms with Crippen LogP contribution in [0.5, 0.6) is 0 Å². The van der Waals surface area contributed by atoms with E-state index in [1.165, 1.54) is 12.1 Å². The topological polar surface area (TPSA) is 157 Å². The van der Waals surface area contributed by atoms with Gasteiger partial charge in [-0.3, -0.25) is 9.78 Å². The van der Waals surface area contributed by atoms with Gasteiger partial charge in [-0.05, 0) is 69.7 Å². The third-order valence-electron chi connectivity index (χ3n) is 8.12. The smallest absolute Gasteiger partial charge is 0.410 e. The number of sulfone groups is 1. The second kappa shape index (κ2) is 13.2. The van der Waals surface area contributed by atoms with Crippen LogP contribution in [-0.2, 0) is 25.9 Å². The van der Waals surface area contributed by atoms with Crippen LogP contribution in [0.25, 0.3) is 22.3 Å². The number of benzene rings is 1. The molecule has 3 aromatic heterocycles. The molecule has 4 aromatic rings. The highest BCUT2D eigenvalue weighted by Gasteiger charge is 2.45. The SMILES string of the molecule is CC(C)(C)OC(=O)N1CCOC2(CCN(c3nccc(-c4ccc5cnc(CNC(=O)c6cccc(S(=O)(=O)C(F)F)c6)cc5n4)n3)C2)C1. The highest BCUT2D eigenvalue weighted by molar-refractivity contribution is 7.91. The first-order valence-electron chi connectivity index (χ1n) is 15.6. The van der Waals surface area contributed by atoms with Crippen LogP contribution in [0.3, 0.4) is 0 Å². The number of nitrogens with zero attached hydrogens (tertiary/aromatic N) is 6. The Balaban J connectivity index is 1.14. The molecule has 1 aromatic carbocycles. The highest BCUT2D eigenvalue weighted by Crippen LogP contribution is 2.32. The molecule has 13 nitrogen and oxygen atoms in total. The van der Waals surface area contributed by atoms with Gasteiger partial charge >= 0.3 is 11.9 Å². The predicted octanol–water partition coefficient (Wildman–Crippen LogP) is 4.23. The standard InChI is InChI=1S/C33H35F2N7O6S/c1-32(2,3)48-31(44)42-13-14-47-33(20-42)10-12-41(19-33)30-36-11-9-26(40-30)25-8-7-22-17-37-23(16-27(22)39-25)18-38-28(43)21-5-4-6-24(15-21)49(45,46)29(34)35/h4-9,11,15-17,29H,10,12-14,18-20H2,1-3H3,(H,38,43). The quantitative estimate of drug-likeness (QED) is 0.295. The summed E-state index contributed by atoms with van der Waals surface area (Å²) in [6, 6.07) is 11.6. The molecule has 2 aliphatic rings. The van der Waals surface area contributed by atoms with Crippen LogP contribution in [0.15, 0.2) is 65.8 Å². The Morgan fingerprint density at radius 2 is 1.84 bits per heavy atom. The molecular formula is C33H35F2N7O6S. The van der Waals surface area contributed by atoms with Crippen LogP contribution in [0, 0.1) is 0 Å². The van der Waals surface area contributed by atoms with Crippen molar-refractivity contribution < 1.29 is 36.3 Å². The van der Waals surface area contributed by atoms with Gasteiger partial charge in [-0.15, -0.1) is 0 Å². The van der Waals surface area contributed by atoms with Crippen molar-refractivity contribution in [2.24, 2.45) is 0 Å². The Hall–Kier alpha value is -4.83. The number of pyridine rings is 2. The van der Waals surface area contributed by atoms with Crippen molar-refractivity contribution in [3.63, 3.8) is 0 Å². The van der Waals surface area contributed by atoms with Crippen LogP contribution in [0.2, 0.25) is 0 Å². The number of carbonyl (C=O) groups excluding carboxylic acids is 2. The van der Waals surface area contributed by atoms with Crippen LogP contribution >= 0.6 is 0 Å². The zero-order chi connectivity index (χ0) is 35.0. The molecule has 258 valence electrons. The van der Waals surface area contributed by atoms with Crippen LogP contribution in [-0.4, -0.2) is 95.0 Å². The number of anilines is 1. The number of carbonyl (C=O) groups is 2. The molecule has 2 saturated heterocycles. The average Bonchev–Trinajstić information content (AvgIpc) is 3.48. The van der Waals surface area contributed by atoms with Crippen molar-refractivity contribution in [2.45, 2.75) is 55.6 Å². The number of alkyl halides is 2. The van der Waals surface area contributed by atoms with Gasteiger partial charge in [-0.2, -0.15) is 8.78 Å². The summed E-state index contributed by atoms with van der Waals surface area (Å²) in [6.45, 7) is 7.94. The minimum Gasteiger partial charge on any atom is -0.444 e. The maximum atomic E-state index is 13.0. The number of morpholine rings is 1. The largest absolute Gasteiger partial charge is 0.444 e. The van der Waals surface area contributed by atoms with Crippen LogP contribution in [0.1, 0.15) is 43.2 Å². The molecule has 0 saturated carbocycles. The summed E-state index contributed by atoms with van der Waals surface area (Å²) in [5.41, 5.74) is 1.03. The van der Waals surface area contributed by atoms with E-state index in [1.54, 1.807) is 29.4 Å². The Bertz CT molecular complexity index is 2010. The maximum Gasteiger partial charge on any atom is 0.410 e. The van der Waals surface area contributed by atoms with Gasteiger partial charge in [0.25, 0.3) is 5.91 Å². The summed E-state index contributed by atoms with van der Waals surface area (Å²) < 4.78 is 61.4. The molecule has 2 fully saturated rings. The Morgan fingerprint density at radius 3 is 2.61 bits per heavy atom. The summed E-state index contributed by atoms with van der Waals surface area (Å²) in [7, 11) is -4.84. The monoisotopic (exact) mass is 695 g/mol. The molecule has 6 rings (SSSR count). The molecule has 1 unspecified atom stereocenters. The lowest BCUT2D eigenvalue weighted by Gasteiger charge is -2.40. The molecule has 0 radical (unpaired) electrons. The van der Waals surface area contributed by atoms with Crippen molar-refractivity contribution in [1.29, 1.82) is 0 Å². The minimum absolute atomic E-state index is 0.0195. The number of aromatic nitrogens is 4. The third-order valence-corrected chi connectivity index (χ3v) is 9.50. The number of ether oxygens (including phenoxy) is 2. The number of rotatable bonds is 7. The number of amides is 2. The van der Waals surface area contributed by atoms with Crippen molar-refractivity contribution in [3.8, 4) is 11.4 Å². The van der Waals surface area contributed by atoms with Crippen molar-refractivity contribution in [1.82, 2.24) is 30.2 Å². The highest BCUT2D eigenvalue weighted by atomic mass is 32.2. The first-order valence-corrected chi connectivity index (χ1v) is 17.1. The Morgan fingerprint density at radius 1 is 1.04 bits per heavy atom. The molecule has 1 spiro atoms. The number of fused-ring (bicyclic) bond motifs is 1. The van der Waals surface area contributed by atoms with E-state index in [0.29, 0.717) is 67.8 Å². The molecule has 16 heteroatoms. The molecule has 49 heavy (non-hydrogen) atoms. The molecule has 1 atom stereocenters. The Kier molecular flexibility index (Phi) is 9.19. The van der Waals surface area contributed by atoms with E-state index in [2.05, 4.69) is 15.3 Å². The van der Waals surface area contributed by atoms with Crippen molar-refractivity contribution in [2.75, 3.05) is 37.7 Å². The van der Waals surface area contributed by atoms with Crippen LogP contribution in [0.4, 0.5) is 19.5 Å². The van der Waals surface area contributed by atoms with Crippen LogP contribution < -0.4 is 10.2 Å². The lowest BCUT2D eigenvalue weighted by atomic mass is 10.0. The normalized spacial score (nSPS) is 18.3. The van der Waals surface area contributed by atoms with Gasteiger partial charge < -0.3 is 24.6 Å². The fraction of sp³-hybridized carbons (Fsp3) is 0.394. The fourth-order valence-corrected chi connectivity index (χ4v) is 6.49. The number of hydrogen-bond donors (Lipinski definition) is 1. The van der Waals surface area contributed by atoms with E-state index in [-0.39, 0.29) is 18.2 Å². The van der Waals surface area contributed by atoms with E-state index in [9.17, 15) is 26.8 Å². The van der Waals surface area contributed by atoms with Gasteiger partial charge in [0.1, 0.15) is 11.2 Å². The predicted molar refractivity (Wildman–Crippen MR) is 175 cm³/mol. The molecule has 2 amide bonds. The van der Waals surface area contributed by atoms with E-state index in [0.717, 1.165) is 17.5 Å². The van der Waals surface area contributed by atoms with Crippen molar-refractivity contribution >= 4 is 38.7 Å². The van der Waals surface area contributed by atoms with Crippen molar-refractivity contribution in [3.05, 3.63) is 72.2 Å². The second-order valence-corrected chi connectivity index (χ2v) is 14.8.